The van der Waals surface area contributed by atoms with Gasteiger partial charge in [0.2, 0.25) is 11.7 Å². The third-order valence-electron chi connectivity index (χ3n) is 4.00. The van der Waals surface area contributed by atoms with Crippen molar-refractivity contribution in [3.63, 3.8) is 0 Å². The van der Waals surface area contributed by atoms with Crippen LogP contribution in [0.25, 0.3) is 11.4 Å². The lowest BCUT2D eigenvalue weighted by Gasteiger charge is -2.14. The number of aromatic nitrogens is 2. The topological polar surface area (TPSA) is 126 Å². The Morgan fingerprint density at radius 3 is 2.62 bits per heavy atom. The van der Waals surface area contributed by atoms with E-state index in [9.17, 15) is 23.5 Å². The molecule has 29 heavy (non-hydrogen) atoms. The van der Waals surface area contributed by atoms with Gasteiger partial charge >= 0.3 is 5.97 Å². The second-order valence-electron chi connectivity index (χ2n) is 6.00. The number of halogens is 2. The molecule has 3 rings (SSSR count). The minimum Gasteiger partial charge on any atom is -0.478 e. The summed E-state index contributed by atoms with van der Waals surface area (Å²) < 4.78 is 32.3. The number of nitrogens with zero attached hydrogens (tertiary/aromatic N) is 2. The molecule has 3 aromatic rings. The number of carboxylic acids is 1. The summed E-state index contributed by atoms with van der Waals surface area (Å²) in [4.78, 5) is 27.5. The Kier molecular flexibility index (Phi) is 5.93. The molecule has 1 atom stereocenters. The zero-order chi connectivity index (χ0) is 21.0. The number of aliphatic hydroxyl groups is 1. The number of benzene rings is 2. The highest BCUT2D eigenvalue weighted by molar-refractivity contribution is 5.97. The number of hydrogen-bond acceptors (Lipinski definition) is 6. The van der Waals surface area contributed by atoms with E-state index in [1.54, 1.807) is 0 Å². The summed E-state index contributed by atoms with van der Waals surface area (Å²) >= 11 is 0. The molecule has 0 saturated heterocycles. The van der Waals surface area contributed by atoms with Crippen molar-refractivity contribution in [3.05, 3.63) is 71.1 Å². The van der Waals surface area contributed by atoms with E-state index in [1.165, 1.54) is 24.3 Å². The Hall–Kier alpha value is -3.66. The number of nitrogens with one attached hydrogen (secondary N) is 1. The molecule has 0 bridgehead atoms. The predicted molar refractivity (Wildman–Crippen MR) is 95.0 cm³/mol. The number of carboxylic acid groups (broad SMARTS) is 1. The van der Waals surface area contributed by atoms with Crippen molar-refractivity contribution in [2.24, 2.45) is 0 Å². The Morgan fingerprint density at radius 2 is 1.90 bits per heavy atom. The summed E-state index contributed by atoms with van der Waals surface area (Å²) in [6.07, 6.45) is -0.00235. The minimum atomic E-state index is -1.19. The smallest absolute Gasteiger partial charge is 0.335 e. The van der Waals surface area contributed by atoms with Crippen molar-refractivity contribution in [3.8, 4) is 11.4 Å². The van der Waals surface area contributed by atoms with Crippen molar-refractivity contribution in [2.75, 3.05) is 6.61 Å². The summed E-state index contributed by atoms with van der Waals surface area (Å²) in [5.74, 6) is -3.62. The summed E-state index contributed by atoms with van der Waals surface area (Å²) in [7, 11) is 0. The molecule has 150 valence electrons. The van der Waals surface area contributed by atoms with Crippen LogP contribution in [-0.2, 0) is 0 Å². The van der Waals surface area contributed by atoms with Gasteiger partial charge in [-0.3, -0.25) is 4.79 Å². The van der Waals surface area contributed by atoms with E-state index in [1.807, 2.05) is 0 Å². The van der Waals surface area contributed by atoms with Crippen LogP contribution >= 0.6 is 0 Å². The van der Waals surface area contributed by atoms with Crippen LogP contribution in [0.2, 0.25) is 0 Å². The number of amides is 1. The molecule has 2 aromatic carbocycles. The lowest BCUT2D eigenvalue weighted by molar-refractivity contribution is 0.0697. The summed E-state index contributed by atoms with van der Waals surface area (Å²) in [6.45, 7) is -0.341. The van der Waals surface area contributed by atoms with Crippen molar-refractivity contribution in [2.45, 2.75) is 12.5 Å². The van der Waals surface area contributed by atoms with E-state index in [-0.39, 0.29) is 41.4 Å². The van der Waals surface area contributed by atoms with E-state index >= 15 is 0 Å². The second-order valence-corrected chi connectivity index (χ2v) is 6.00. The van der Waals surface area contributed by atoms with Gasteiger partial charge in [0, 0.05) is 12.2 Å². The van der Waals surface area contributed by atoms with E-state index < -0.39 is 29.6 Å². The monoisotopic (exact) mass is 403 g/mol. The van der Waals surface area contributed by atoms with Crippen molar-refractivity contribution < 1.29 is 33.1 Å². The average Bonchev–Trinajstić information content (AvgIpc) is 3.19. The fourth-order valence-electron chi connectivity index (χ4n) is 2.58. The number of rotatable bonds is 7. The van der Waals surface area contributed by atoms with Crippen LogP contribution in [0.4, 0.5) is 8.78 Å². The van der Waals surface area contributed by atoms with Crippen molar-refractivity contribution in [1.29, 1.82) is 0 Å². The fourth-order valence-corrected chi connectivity index (χ4v) is 2.58. The molecule has 0 unspecified atom stereocenters. The number of carbonyl (C=O) groups is 2. The summed E-state index contributed by atoms with van der Waals surface area (Å²) in [6, 6.07) is 7.19. The highest BCUT2D eigenvalue weighted by Gasteiger charge is 2.23. The highest BCUT2D eigenvalue weighted by atomic mass is 19.1. The molecule has 0 saturated carbocycles. The third kappa shape index (κ3) is 4.61. The van der Waals surface area contributed by atoms with Gasteiger partial charge in [0.1, 0.15) is 17.7 Å². The third-order valence-corrected chi connectivity index (χ3v) is 4.00. The van der Waals surface area contributed by atoms with Gasteiger partial charge in [-0.05, 0) is 42.8 Å². The molecule has 0 aliphatic rings. The Morgan fingerprint density at radius 1 is 1.14 bits per heavy atom. The van der Waals surface area contributed by atoms with Gasteiger partial charge in [0.25, 0.3) is 5.91 Å². The first-order valence-corrected chi connectivity index (χ1v) is 8.43. The normalized spacial score (nSPS) is 11.8. The van der Waals surface area contributed by atoms with Crippen LogP contribution in [0.15, 0.2) is 47.0 Å². The van der Waals surface area contributed by atoms with Crippen LogP contribution in [0.1, 0.15) is 39.1 Å². The van der Waals surface area contributed by atoms with Gasteiger partial charge in [0.15, 0.2) is 0 Å². The first-order valence-electron chi connectivity index (χ1n) is 8.43. The standard InChI is InChI=1S/C19H15F2N3O5/c20-12-4-5-14(21)13(9-12)16-23-18(29-24-16)15(6-7-25)22-17(26)10-2-1-3-11(8-10)19(27)28/h1-5,8-9,15,25H,6-7H2,(H,22,26)(H,27,28)/t15-/m0/s1. The van der Waals surface area contributed by atoms with Crippen LogP contribution < -0.4 is 5.32 Å². The molecule has 0 radical (unpaired) electrons. The quantitative estimate of drug-likeness (QED) is 0.554. The van der Waals surface area contributed by atoms with Crippen molar-refractivity contribution in [1.82, 2.24) is 15.5 Å². The van der Waals surface area contributed by atoms with E-state index in [2.05, 4.69) is 15.5 Å². The highest BCUT2D eigenvalue weighted by Crippen LogP contribution is 2.24. The maximum absolute atomic E-state index is 13.9. The average molecular weight is 403 g/mol. The molecule has 1 amide bonds. The van der Waals surface area contributed by atoms with Crippen LogP contribution in [0.5, 0.6) is 0 Å². The molecule has 0 fully saturated rings. The molecule has 1 aromatic heterocycles. The Bertz CT molecular complexity index is 1050. The number of aliphatic hydroxyl groups excluding tert-OH is 1. The van der Waals surface area contributed by atoms with Crippen LogP contribution in [0, 0.1) is 11.6 Å². The Labute approximate surface area is 162 Å². The summed E-state index contributed by atoms with van der Waals surface area (Å²) in [5, 5.41) is 24.5. The molecule has 0 aliphatic heterocycles. The molecule has 10 heteroatoms. The van der Waals surface area contributed by atoms with E-state index in [4.69, 9.17) is 9.63 Å². The number of carbonyl (C=O) groups excluding carboxylic acids is 1. The molecule has 8 nitrogen and oxygen atoms in total. The Balaban J connectivity index is 1.84. The number of hydrogen-bond donors (Lipinski definition) is 3. The fraction of sp³-hybridized carbons (Fsp3) is 0.158. The minimum absolute atomic E-state index is 0.00235. The molecular weight excluding hydrogens is 388 g/mol. The number of aromatic carboxylic acids is 1. The zero-order valence-electron chi connectivity index (χ0n) is 14.8. The molecule has 0 aliphatic carbocycles. The van der Waals surface area contributed by atoms with Crippen LogP contribution in [0.3, 0.4) is 0 Å². The first kappa shape index (κ1) is 20.1. The zero-order valence-corrected chi connectivity index (χ0v) is 14.8. The predicted octanol–water partition coefficient (Wildman–Crippen LogP) is 2.57. The van der Waals surface area contributed by atoms with Gasteiger partial charge in [-0.25, -0.2) is 13.6 Å². The van der Waals surface area contributed by atoms with E-state index in [0.717, 1.165) is 18.2 Å². The van der Waals surface area contributed by atoms with Gasteiger partial charge in [-0.2, -0.15) is 4.98 Å². The molecular formula is C19H15F2N3O5. The maximum Gasteiger partial charge on any atom is 0.335 e. The first-order chi connectivity index (χ1) is 13.9. The molecule has 0 spiro atoms. The SMILES string of the molecule is O=C(O)c1cccc(C(=O)N[C@@H](CCO)c2nc(-c3cc(F)ccc3F)no2)c1. The molecule has 3 N–H and O–H groups in total. The lowest BCUT2D eigenvalue weighted by atomic mass is 10.1. The van der Waals surface area contributed by atoms with Gasteiger partial charge < -0.3 is 20.1 Å². The van der Waals surface area contributed by atoms with Crippen molar-refractivity contribution >= 4 is 11.9 Å². The molecule has 1 heterocycles. The summed E-state index contributed by atoms with van der Waals surface area (Å²) in [5.41, 5.74) is -0.218. The maximum atomic E-state index is 13.9. The second kappa shape index (κ2) is 8.57. The van der Waals surface area contributed by atoms with Gasteiger partial charge in [0.05, 0.1) is 11.1 Å². The largest absolute Gasteiger partial charge is 0.478 e. The lowest BCUT2D eigenvalue weighted by Crippen LogP contribution is -2.29. The van der Waals surface area contributed by atoms with E-state index in [0.29, 0.717) is 0 Å². The van der Waals surface area contributed by atoms with Gasteiger partial charge in [-0.15, -0.1) is 0 Å². The van der Waals surface area contributed by atoms with Crippen LogP contribution in [-0.4, -0.2) is 38.8 Å². The van der Waals surface area contributed by atoms with Gasteiger partial charge in [-0.1, -0.05) is 11.2 Å².